The van der Waals surface area contributed by atoms with Crippen LogP contribution in [0.3, 0.4) is 0 Å². The van der Waals surface area contributed by atoms with Crippen LogP contribution in [0, 0.1) is 11.6 Å². The van der Waals surface area contributed by atoms with Gasteiger partial charge in [0.15, 0.2) is 0 Å². The van der Waals surface area contributed by atoms with Crippen molar-refractivity contribution in [1.29, 1.82) is 0 Å². The second kappa shape index (κ2) is 8.54. The molecular weight excluding hydrogens is 314 g/mol. The normalized spacial score (nSPS) is 11.0. The molecule has 2 rings (SSSR count). The third-order valence-electron chi connectivity index (χ3n) is 3.71. The molecule has 0 atom stereocenters. The van der Waals surface area contributed by atoms with Crippen LogP contribution in [-0.2, 0) is 24.3 Å². The van der Waals surface area contributed by atoms with E-state index in [9.17, 15) is 13.6 Å². The highest BCUT2D eigenvalue weighted by molar-refractivity contribution is 5.77. The zero-order valence-corrected chi connectivity index (χ0v) is 13.9. The number of rotatable bonds is 8. The molecule has 0 bridgehead atoms. The standard InChI is InChI=1S/C17H22F2N4O/c1-3-23-13(7-10-21-23)11-22(2)12-17(24)20-9-8-14-15(18)5-4-6-16(14)19/h4-7,10H,3,8-9,11-12H2,1-2H3,(H,20,24). The Morgan fingerprint density at radius 1 is 1.29 bits per heavy atom. The van der Waals surface area contributed by atoms with Crippen molar-refractivity contribution < 1.29 is 13.6 Å². The minimum Gasteiger partial charge on any atom is -0.355 e. The Bertz CT molecular complexity index is 667. The van der Waals surface area contributed by atoms with E-state index in [-0.39, 0.29) is 31.0 Å². The fraction of sp³-hybridized carbons (Fsp3) is 0.412. The molecule has 1 aromatic heterocycles. The van der Waals surface area contributed by atoms with Gasteiger partial charge in [0.2, 0.25) is 5.91 Å². The van der Waals surface area contributed by atoms with Crippen molar-refractivity contribution in [1.82, 2.24) is 20.0 Å². The average molecular weight is 336 g/mol. The number of amides is 1. The van der Waals surface area contributed by atoms with E-state index < -0.39 is 11.6 Å². The number of aryl methyl sites for hydroxylation is 1. The topological polar surface area (TPSA) is 50.2 Å². The molecule has 7 heteroatoms. The van der Waals surface area contributed by atoms with Gasteiger partial charge in [-0.3, -0.25) is 14.4 Å². The zero-order chi connectivity index (χ0) is 17.5. The second-order valence-electron chi connectivity index (χ2n) is 5.61. The first kappa shape index (κ1) is 18.1. The number of hydrogen-bond donors (Lipinski definition) is 1. The minimum absolute atomic E-state index is 0.00185. The molecule has 0 saturated heterocycles. The summed E-state index contributed by atoms with van der Waals surface area (Å²) in [6, 6.07) is 5.66. The van der Waals surface area contributed by atoms with Gasteiger partial charge in [0.25, 0.3) is 0 Å². The maximum Gasteiger partial charge on any atom is 0.234 e. The Morgan fingerprint density at radius 3 is 2.67 bits per heavy atom. The van der Waals surface area contributed by atoms with Crippen LogP contribution in [0.15, 0.2) is 30.5 Å². The van der Waals surface area contributed by atoms with Crippen LogP contribution < -0.4 is 5.32 Å². The van der Waals surface area contributed by atoms with Gasteiger partial charge < -0.3 is 5.32 Å². The van der Waals surface area contributed by atoms with Crippen LogP contribution in [0.25, 0.3) is 0 Å². The highest BCUT2D eigenvalue weighted by Crippen LogP contribution is 2.12. The molecule has 0 fully saturated rings. The van der Waals surface area contributed by atoms with Crippen LogP contribution in [-0.4, -0.2) is 40.7 Å². The number of hydrogen-bond acceptors (Lipinski definition) is 3. The van der Waals surface area contributed by atoms with Crippen LogP contribution in [0.4, 0.5) is 8.78 Å². The third-order valence-corrected chi connectivity index (χ3v) is 3.71. The van der Waals surface area contributed by atoms with E-state index in [1.165, 1.54) is 18.2 Å². The predicted molar refractivity (Wildman–Crippen MR) is 87.3 cm³/mol. The smallest absolute Gasteiger partial charge is 0.234 e. The molecule has 1 N–H and O–H groups in total. The number of nitrogens with zero attached hydrogens (tertiary/aromatic N) is 3. The van der Waals surface area contributed by atoms with Crippen molar-refractivity contribution in [3.63, 3.8) is 0 Å². The molecule has 130 valence electrons. The van der Waals surface area contributed by atoms with Gasteiger partial charge in [-0.25, -0.2) is 8.78 Å². The largest absolute Gasteiger partial charge is 0.355 e. The number of halogens is 2. The van der Waals surface area contributed by atoms with E-state index in [0.29, 0.717) is 6.54 Å². The molecule has 0 aliphatic rings. The average Bonchev–Trinajstić information content (AvgIpc) is 2.97. The fourth-order valence-corrected chi connectivity index (χ4v) is 2.51. The van der Waals surface area contributed by atoms with E-state index >= 15 is 0 Å². The van der Waals surface area contributed by atoms with Gasteiger partial charge in [-0.15, -0.1) is 0 Å². The lowest BCUT2D eigenvalue weighted by atomic mass is 10.1. The summed E-state index contributed by atoms with van der Waals surface area (Å²) in [4.78, 5) is 13.8. The molecule has 0 aliphatic heterocycles. The first-order valence-corrected chi connectivity index (χ1v) is 7.90. The number of aromatic nitrogens is 2. The molecule has 0 unspecified atom stereocenters. The monoisotopic (exact) mass is 336 g/mol. The summed E-state index contributed by atoms with van der Waals surface area (Å²) < 4.78 is 28.9. The molecule has 1 amide bonds. The first-order chi connectivity index (χ1) is 11.5. The van der Waals surface area contributed by atoms with Crippen molar-refractivity contribution in [2.45, 2.75) is 26.4 Å². The summed E-state index contributed by atoms with van der Waals surface area (Å²) in [7, 11) is 1.84. The molecule has 2 aromatic rings. The predicted octanol–water partition coefficient (Wildman–Crippen LogP) is 1.97. The lowest BCUT2D eigenvalue weighted by molar-refractivity contribution is -0.122. The van der Waals surface area contributed by atoms with E-state index in [4.69, 9.17) is 0 Å². The number of nitrogens with one attached hydrogen (secondary N) is 1. The Kier molecular flexibility index (Phi) is 6.43. The van der Waals surface area contributed by atoms with Crippen molar-refractivity contribution >= 4 is 5.91 Å². The maximum absolute atomic E-state index is 13.5. The molecule has 0 radical (unpaired) electrons. The number of likely N-dealkylation sites (N-methyl/N-ethyl adjacent to an activating group) is 1. The molecule has 0 saturated carbocycles. The summed E-state index contributed by atoms with van der Waals surface area (Å²) in [6.45, 7) is 3.77. The Labute approximate surface area is 140 Å². The highest BCUT2D eigenvalue weighted by Gasteiger charge is 2.11. The molecule has 0 aliphatic carbocycles. The van der Waals surface area contributed by atoms with Gasteiger partial charge in [-0.1, -0.05) is 6.07 Å². The Hall–Kier alpha value is -2.28. The lowest BCUT2D eigenvalue weighted by Crippen LogP contribution is -2.36. The first-order valence-electron chi connectivity index (χ1n) is 7.90. The molecule has 24 heavy (non-hydrogen) atoms. The van der Waals surface area contributed by atoms with E-state index in [2.05, 4.69) is 10.4 Å². The third kappa shape index (κ3) is 4.86. The summed E-state index contributed by atoms with van der Waals surface area (Å²) in [5.41, 5.74) is 1.03. The second-order valence-corrected chi connectivity index (χ2v) is 5.61. The van der Waals surface area contributed by atoms with E-state index in [1.54, 1.807) is 6.20 Å². The number of carbonyl (C=O) groups excluding carboxylic acids is 1. The van der Waals surface area contributed by atoms with Gasteiger partial charge in [0.1, 0.15) is 11.6 Å². The number of carbonyl (C=O) groups is 1. The van der Waals surface area contributed by atoms with Crippen molar-refractivity contribution in [3.8, 4) is 0 Å². The molecule has 0 spiro atoms. The van der Waals surface area contributed by atoms with E-state index in [0.717, 1.165) is 12.2 Å². The van der Waals surface area contributed by atoms with Crippen LogP contribution in [0.2, 0.25) is 0 Å². The maximum atomic E-state index is 13.5. The van der Waals surface area contributed by atoms with Crippen LogP contribution in [0.1, 0.15) is 18.2 Å². The van der Waals surface area contributed by atoms with Crippen molar-refractivity contribution in [3.05, 3.63) is 53.4 Å². The Morgan fingerprint density at radius 2 is 2.00 bits per heavy atom. The highest BCUT2D eigenvalue weighted by atomic mass is 19.1. The molecular formula is C17H22F2N4O. The van der Waals surface area contributed by atoms with Gasteiger partial charge >= 0.3 is 0 Å². The van der Waals surface area contributed by atoms with Crippen molar-refractivity contribution in [2.75, 3.05) is 20.1 Å². The van der Waals surface area contributed by atoms with Crippen molar-refractivity contribution in [2.24, 2.45) is 0 Å². The van der Waals surface area contributed by atoms with E-state index in [1.807, 2.05) is 29.6 Å². The van der Waals surface area contributed by atoms with Crippen LogP contribution in [0.5, 0.6) is 0 Å². The quantitative estimate of drug-likeness (QED) is 0.802. The number of benzene rings is 1. The minimum atomic E-state index is -0.589. The summed E-state index contributed by atoms with van der Waals surface area (Å²) in [6.07, 6.45) is 1.85. The lowest BCUT2D eigenvalue weighted by Gasteiger charge is -2.17. The summed E-state index contributed by atoms with van der Waals surface area (Å²) in [5, 5.41) is 6.87. The van der Waals surface area contributed by atoms with Crippen LogP contribution >= 0.6 is 0 Å². The summed E-state index contributed by atoms with van der Waals surface area (Å²) >= 11 is 0. The Balaban J connectivity index is 1.77. The zero-order valence-electron chi connectivity index (χ0n) is 13.9. The SMILES string of the molecule is CCn1nccc1CN(C)CC(=O)NCCc1c(F)cccc1F. The molecule has 5 nitrogen and oxygen atoms in total. The van der Waals surface area contributed by atoms with Gasteiger partial charge in [-0.05, 0) is 38.6 Å². The summed E-state index contributed by atoms with van der Waals surface area (Å²) in [5.74, 6) is -1.36. The van der Waals surface area contributed by atoms with Gasteiger partial charge in [0.05, 0.1) is 12.2 Å². The molecule has 1 aromatic carbocycles. The van der Waals surface area contributed by atoms with Gasteiger partial charge in [0, 0.05) is 31.4 Å². The molecule has 1 heterocycles. The van der Waals surface area contributed by atoms with Gasteiger partial charge in [-0.2, -0.15) is 5.10 Å². The fourth-order valence-electron chi connectivity index (χ4n) is 2.51.